The van der Waals surface area contributed by atoms with E-state index in [2.05, 4.69) is 5.32 Å². The van der Waals surface area contributed by atoms with Gasteiger partial charge in [-0.1, -0.05) is 29.3 Å². The summed E-state index contributed by atoms with van der Waals surface area (Å²) < 4.78 is 0. The molecule has 3 nitrogen and oxygen atoms in total. The van der Waals surface area contributed by atoms with Gasteiger partial charge in [0.05, 0.1) is 16.6 Å². The first-order valence-electron chi connectivity index (χ1n) is 4.75. The molecule has 0 aliphatic heterocycles. The number of halogens is 3. The molecule has 6 heteroatoms. The second kappa shape index (κ2) is 6.45. The van der Waals surface area contributed by atoms with E-state index in [9.17, 15) is 4.79 Å². The maximum absolute atomic E-state index is 10.5. The molecule has 2 N–H and O–H groups in total. The van der Waals surface area contributed by atoms with E-state index in [0.29, 0.717) is 10.0 Å². The van der Waals surface area contributed by atoms with E-state index in [4.69, 9.17) is 28.3 Å². The van der Waals surface area contributed by atoms with Crippen LogP contribution in [0.1, 0.15) is 19.4 Å². The molecule has 0 bridgehead atoms. The molecule has 0 aromatic heterocycles. The van der Waals surface area contributed by atoms with Gasteiger partial charge >= 0.3 is 5.97 Å². The fourth-order valence-corrected chi connectivity index (χ4v) is 1.58. The summed E-state index contributed by atoms with van der Waals surface area (Å²) in [6.45, 7) is 3.66. The average molecular weight is 299 g/mol. The Morgan fingerprint density at radius 3 is 2.41 bits per heavy atom. The normalized spacial score (nSPS) is 10.8. The topological polar surface area (TPSA) is 49.3 Å². The van der Waals surface area contributed by atoms with Crippen LogP contribution in [0.4, 0.5) is 0 Å². The molecule has 1 aromatic rings. The molecule has 0 spiro atoms. The number of benzene rings is 1. The van der Waals surface area contributed by atoms with Crippen LogP contribution in [0.25, 0.3) is 0 Å². The van der Waals surface area contributed by atoms with E-state index in [1.54, 1.807) is 12.1 Å². The lowest BCUT2D eigenvalue weighted by Crippen LogP contribution is -2.39. The molecule has 1 rings (SSSR count). The first-order chi connectivity index (χ1) is 7.33. The minimum Gasteiger partial charge on any atom is -0.480 e. The Hall–Kier alpha value is -0.480. The summed E-state index contributed by atoms with van der Waals surface area (Å²) in [4.78, 5) is 10.5. The monoisotopic (exact) mass is 297 g/mol. The molecule has 0 saturated heterocycles. The summed E-state index contributed by atoms with van der Waals surface area (Å²) in [6.07, 6.45) is 0. The zero-order valence-electron chi connectivity index (χ0n) is 9.46. The van der Waals surface area contributed by atoms with E-state index < -0.39 is 11.5 Å². The van der Waals surface area contributed by atoms with Crippen LogP contribution in [0.5, 0.6) is 0 Å². The van der Waals surface area contributed by atoms with Crippen LogP contribution >= 0.6 is 35.6 Å². The number of hydrogen-bond acceptors (Lipinski definition) is 2. The van der Waals surface area contributed by atoms with Crippen molar-refractivity contribution in [3.05, 3.63) is 33.8 Å². The van der Waals surface area contributed by atoms with Gasteiger partial charge < -0.3 is 5.11 Å². The van der Waals surface area contributed by atoms with E-state index in [0.717, 1.165) is 5.56 Å². The van der Waals surface area contributed by atoms with E-state index in [1.807, 2.05) is 19.9 Å². The molecule has 0 atom stereocenters. The van der Waals surface area contributed by atoms with E-state index in [-0.39, 0.29) is 19.0 Å². The minimum atomic E-state index is -0.895. The smallest absolute Gasteiger partial charge is 0.317 e. The molecule has 0 fully saturated rings. The van der Waals surface area contributed by atoms with Gasteiger partial charge in [0.15, 0.2) is 0 Å². The van der Waals surface area contributed by atoms with Crippen molar-refractivity contribution in [1.82, 2.24) is 5.32 Å². The fourth-order valence-electron chi connectivity index (χ4n) is 1.28. The average Bonchev–Trinajstić information content (AvgIpc) is 2.19. The maximum Gasteiger partial charge on any atom is 0.317 e. The highest BCUT2D eigenvalue weighted by Crippen LogP contribution is 2.28. The van der Waals surface area contributed by atoms with Crippen molar-refractivity contribution in [2.24, 2.45) is 0 Å². The predicted octanol–water partition coefficient (Wildman–Crippen LogP) is 3.32. The second-order valence-electron chi connectivity index (χ2n) is 4.00. The van der Waals surface area contributed by atoms with Gasteiger partial charge in [0.2, 0.25) is 0 Å². The molecule has 0 unspecified atom stereocenters. The standard InChI is InChI=1S/C11H13Cl2NO2.ClH/c1-11(2,14-6-10(15)16)7-3-4-8(12)9(13)5-7;/h3-5,14H,6H2,1-2H3,(H,15,16);1H. The molecule has 0 aliphatic rings. The summed E-state index contributed by atoms with van der Waals surface area (Å²) in [7, 11) is 0. The molecule has 0 heterocycles. The Bertz CT molecular complexity index is 408. The Kier molecular flexibility index (Phi) is 6.27. The van der Waals surface area contributed by atoms with Crippen molar-refractivity contribution in [2.75, 3.05) is 6.54 Å². The molecule has 96 valence electrons. The molecular formula is C11H14Cl3NO2. The van der Waals surface area contributed by atoms with Crippen molar-refractivity contribution < 1.29 is 9.90 Å². The maximum atomic E-state index is 10.5. The van der Waals surface area contributed by atoms with Gasteiger partial charge in [-0.2, -0.15) is 0 Å². The number of nitrogens with one attached hydrogen (secondary N) is 1. The predicted molar refractivity (Wildman–Crippen MR) is 72.4 cm³/mol. The van der Waals surface area contributed by atoms with Crippen LogP contribution in [-0.2, 0) is 10.3 Å². The molecule has 1 aromatic carbocycles. The highest BCUT2D eigenvalue weighted by Gasteiger charge is 2.21. The van der Waals surface area contributed by atoms with Gasteiger partial charge in [-0.3, -0.25) is 10.1 Å². The van der Waals surface area contributed by atoms with Gasteiger partial charge in [0.25, 0.3) is 0 Å². The molecule has 0 amide bonds. The number of aliphatic carboxylic acids is 1. The Morgan fingerprint density at radius 2 is 1.94 bits per heavy atom. The van der Waals surface area contributed by atoms with Crippen molar-refractivity contribution in [1.29, 1.82) is 0 Å². The minimum absolute atomic E-state index is 0. The summed E-state index contributed by atoms with van der Waals surface area (Å²) >= 11 is 11.7. The van der Waals surface area contributed by atoms with Crippen LogP contribution in [0.2, 0.25) is 10.0 Å². The van der Waals surface area contributed by atoms with Crippen molar-refractivity contribution in [3.63, 3.8) is 0 Å². The van der Waals surface area contributed by atoms with Crippen LogP contribution in [0.3, 0.4) is 0 Å². The van der Waals surface area contributed by atoms with Crippen molar-refractivity contribution in [2.45, 2.75) is 19.4 Å². The molecule has 17 heavy (non-hydrogen) atoms. The lowest BCUT2D eigenvalue weighted by Gasteiger charge is -2.26. The summed E-state index contributed by atoms with van der Waals surface area (Å²) in [5, 5.41) is 12.5. The molecule has 0 aliphatic carbocycles. The zero-order valence-corrected chi connectivity index (χ0v) is 11.8. The Labute approximate surface area is 117 Å². The van der Waals surface area contributed by atoms with Crippen LogP contribution in [-0.4, -0.2) is 17.6 Å². The van der Waals surface area contributed by atoms with Crippen molar-refractivity contribution >= 4 is 41.6 Å². The highest BCUT2D eigenvalue weighted by molar-refractivity contribution is 6.42. The first-order valence-corrected chi connectivity index (χ1v) is 5.51. The van der Waals surface area contributed by atoms with E-state index >= 15 is 0 Å². The number of carbonyl (C=O) groups is 1. The Morgan fingerprint density at radius 1 is 1.35 bits per heavy atom. The van der Waals surface area contributed by atoms with Gasteiger partial charge in [-0.25, -0.2) is 0 Å². The van der Waals surface area contributed by atoms with Crippen LogP contribution in [0.15, 0.2) is 18.2 Å². The van der Waals surface area contributed by atoms with Crippen LogP contribution < -0.4 is 5.32 Å². The van der Waals surface area contributed by atoms with Crippen molar-refractivity contribution in [3.8, 4) is 0 Å². The summed E-state index contributed by atoms with van der Waals surface area (Å²) in [5.41, 5.74) is 0.426. The van der Waals surface area contributed by atoms with Gasteiger partial charge in [0, 0.05) is 5.54 Å². The number of carboxylic acid groups (broad SMARTS) is 1. The lowest BCUT2D eigenvalue weighted by atomic mass is 9.94. The van der Waals surface area contributed by atoms with Gasteiger partial charge in [-0.05, 0) is 31.5 Å². The number of rotatable bonds is 4. The molecular weight excluding hydrogens is 284 g/mol. The third kappa shape index (κ3) is 4.72. The quantitative estimate of drug-likeness (QED) is 0.896. The highest BCUT2D eigenvalue weighted by atomic mass is 35.5. The van der Waals surface area contributed by atoms with Gasteiger partial charge in [0.1, 0.15) is 0 Å². The molecule has 0 saturated carbocycles. The zero-order chi connectivity index (χ0) is 12.3. The molecule has 0 radical (unpaired) electrons. The number of carboxylic acids is 1. The summed E-state index contributed by atoms with van der Waals surface area (Å²) in [5.74, 6) is -0.895. The third-order valence-corrected chi connectivity index (χ3v) is 3.06. The second-order valence-corrected chi connectivity index (χ2v) is 4.82. The third-order valence-electron chi connectivity index (χ3n) is 2.32. The van der Waals surface area contributed by atoms with Gasteiger partial charge in [-0.15, -0.1) is 12.4 Å². The largest absolute Gasteiger partial charge is 0.480 e. The fraction of sp³-hybridized carbons (Fsp3) is 0.364. The number of hydrogen-bond donors (Lipinski definition) is 2. The first kappa shape index (κ1) is 16.5. The Balaban J connectivity index is 0.00000256. The lowest BCUT2D eigenvalue weighted by molar-refractivity contribution is -0.136. The van der Waals surface area contributed by atoms with E-state index in [1.165, 1.54) is 0 Å². The SMILES string of the molecule is CC(C)(NCC(=O)O)c1ccc(Cl)c(Cl)c1.Cl. The summed E-state index contributed by atoms with van der Waals surface area (Å²) in [6, 6.07) is 5.26. The van der Waals surface area contributed by atoms with Crippen LogP contribution in [0, 0.1) is 0 Å².